The van der Waals surface area contributed by atoms with Crippen LogP contribution in [0, 0.1) is 17.5 Å². The van der Waals surface area contributed by atoms with Gasteiger partial charge in [0.1, 0.15) is 0 Å². The van der Waals surface area contributed by atoms with E-state index in [1.807, 2.05) is 0 Å². The van der Waals surface area contributed by atoms with Crippen molar-refractivity contribution in [1.82, 2.24) is 0 Å². The Labute approximate surface area is 147 Å². The number of hydrogen-bond donors (Lipinski definition) is 1. The maximum absolute atomic E-state index is 13.4. The van der Waals surface area contributed by atoms with Crippen LogP contribution < -0.4 is 14.8 Å². The van der Waals surface area contributed by atoms with E-state index in [-0.39, 0.29) is 0 Å². The molecule has 0 saturated heterocycles. The summed E-state index contributed by atoms with van der Waals surface area (Å²) in [5.74, 6) is -4.28. The number of halogens is 3. The highest BCUT2D eigenvalue weighted by atomic mass is 19.2. The lowest BCUT2D eigenvalue weighted by Gasteiger charge is -2.07. The SMILES string of the molecule is COc1ccc(/C=N\OCC(=O)Nc2ccc(F)c(F)c2F)cc1OC. The normalized spacial score (nSPS) is 10.7. The number of oxime groups is 1. The number of carbonyl (C=O) groups excluding carboxylic acids is 1. The first-order valence-electron chi connectivity index (χ1n) is 7.27. The maximum Gasteiger partial charge on any atom is 0.265 e. The van der Waals surface area contributed by atoms with Crippen molar-refractivity contribution in [3.8, 4) is 11.5 Å². The number of hydrogen-bond acceptors (Lipinski definition) is 5. The van der Waals surface area contributed by atoms with Crippen LogP contribution in [0.25, 0.3) is 0 Å². The number of anilines is 1. The molecule has 6 nitrogen and oxygen atoms in total. The van der Waals surface area contributed by atoms with Gasteiger partial charge in [0.05, 0.1) is 26.1 Å². The van der Waals surface area contributed by atoms with Gasteiger partial charge in [-0.15, -0.1) is 0 Å². The topological polar surface area (TPSA) is 69.2 Å². The molecule has 2 aromatic rings. The van der Waals surface area contributed by atoms with Gasteiger partial charge >= 0.3 is 0 Å². The smallest absolute Gasteiger partial charge is 0.265 e. The molecule has 0 saturated carbocycles. The van der Waals surface area contributed by atoms with E-state index >= 15 is 0 Å². The molecule has 0 aromatic heterocycles. The summed E-state index contributed by atoms with van der Waals surface area (Å²) in [6.45, 7) is -0.553. The molecule has 1 amide bonds. The third-order valence-electron chi connectivity index (χ3n) is 3.19. The fraction of sp³-hybridized carbons (Fsp3) is 0.176. The minimum absolute atomic E-state index is 0.489. The van der Waals surface area contributed by atoms with Gasteiger partial charge in [-0.2, -0.15) is 0 Å². The number of amides is 1. The van der Waals surface area contributed by atoms with E-state index in [9.17, 15) is 18.0 Å². The molecule has 0 bridgehead atoms. The predicted octanol–water partition coefficient (Wildman–Crippen LogP) is 3.11. The van der Waals surface area contributed by atoms with Gasteiger partial charge in [0.2, 0.25) is 0 Å². The van der Waals surface area contributed by atoms with Crippen LogP contribution in [0.3, 0.4) is 0 Å². The minimum Gasteiger partial charge on any atom is -0.493 e. The molecule has 0 heterocycles. The van der Waals surface area contributed by atoms with Crippen molar-refractivity contribution in [2.24, 2.45) is 5.16 Å². The zero-order chi connectivity index (χ0) is 19.1. The second-order valence-electron chi connectivity index (χ2n) is 4.89. The summed E-state index contributed by atoms with van der Waals surface area (Å²) in [5.41, 5.74) is 0.121. The Morgan fingerprint density at radius 1 is 1.08 bits per heavy atom. The summed E-state index contributed by atoms with van der Waals surface area (Å²) in [6.07, 6.45) is 1.33. The van der Waals surface area contributed by atoms with Crippen molar-refractivity contribution in [2.45, 2.75) is 0 Å². The molecule has 2 rings (SSSR count). The summed E-state index contributed by atoms with van der Waals surface area (Å²) in [6, 6.07) is 6.59. The maximum atomic E-state index is 13.4. The second kappa shape index (κ2) is 8.75. The monoisotopic (exact) mass is 368 g/mol. The van der Waals surface area contributed by atoms with Gasteiger partial charge < -0.3 is 19.6 Å². The molecule has 0 spiro atoms. The Morgan fingerprint density at radius 2 is 1.81 bits per heavy atom. The average molecular weight is 368 g/mol. The molecule has 0 fully saturated rings. The molecular weight excluding hydrogens is 353 g/mol. The third-order valence-corrected chi connectivity index (χ3v) is 3.19. The number of nitrogens with one attached hydrogen (secondary N) is 1. The van der Waals surface area contributed by atoms with Crippen molar-refractivity contribution < 1.29 is 32.3 Å². The fourth-order valence-electron chi connectivity index (χ4n) is 1.94. The summed E-state index contributed by atoms with van der Waals surface area (Å²) in [4.78, 5) is 16.4. The Hall–Kier alpha value is -3.23. The van der Waals surface area contributed by atoms with Gasteiger partial charge in [-0.3, -0.25) is 4.79 Å². The molecule has 138 valence electrons. The van der Waals surface area contributed by atoms with E-state index < -0.39 is 35.7 Å². The van der Waals surface area contributed by atoms with Crippen LogP contribution >= 0.6 is 0 Å². The Balaban J connectivity index is 1.90. The predicted molar refractivity (Wildman–Crippen MR) is 88.0 cm³/mol. The van der Waals surface area contributed by atoms with E-state index in [4.69, 9.17) is 14.3 Å². The van der Waals surface area contributed by atoms with E-state index in [0.717, 1.165) is 6.07 Å². The summed E-state index contributed by atoms with van der Waals surface area (Å²) < 4.78 is 49.6. The summed E-state index contributed by atoms with van der Waals surface area (Å²) >= 11 is 0. The second-order valence-corrected chi connectivity index (χ2v) is 4.89. The molecule has 0 unspecified atom stereocenters. The van der Waals surface area contributed by atoms with E-state index in [1.165, 1.54) is 20.4 Å². The fourth-order valence-corrected chi connectivity index (χ4v) is 1.94. The Bertz CT molecular complexity index is 828. The number of benzene rings is 2. The number of carbonyl (C=O) groups is 1. The number of rotatable bonds is 7. The van der Waals surface area contributed by atoms with Gasteiger partial charge in [0.15, 0.2) is 35.6 Å². The van der Waals surface area contributed by atoms with Crippen LogP contribution in [-0.4, -0.2) is 32.9 Å². The first-order valence-corrected chi connectivity index (χ1v) is 7.27. The van der Waals surface area contributed by atoms with Crippen LogP contribution in [0.5, 0.6) is 11.5 Å². The highest BCUT2D eigenvalue weighted by Gasteiger charge is 2.15. The van der Waals surface area contributed by atoms with Gasteiger partial charge in [-0.05, 0) is 30.3 Å². The number of methoxy groups -OCH3 is 2. The number of nitrogens with zero attached hydrogens (tertiary/aromatic N) is 1. The summed E-state index contributed by atoms with van der Waals surface area (Å²) in [7, 11) is 2.99. The minimum atomic E-state index is -1.67. The van der Waals surface area contributed by atoms with Crippen molar-refractivity contribution in [1.29, 1.82) is 0 Å². The molecule has 26 heavy (non-hydrogen) atoms. The van der Waals surface area contributed by atoms with Crippen LogP contribution in [0.2, 0.25) is 0 Å². The first kappa shape index (κ1) is 19.1. The van der Waals surface area contributed by atoms with Crippen molar-refractivity contribution in [2.75, 3.05) is 26.1 Å². The van der Waals surface area contributed by atoms with E-state index in [2.05, 4.69) is 10.5 Å². The van der Waals surface area contributed by atoms with Crippen molar-refractivity contribution in [3.05, 3.63) is 53.3 Å². The summed E-state index contributed by atoms with van der Waals surface area (Å²) in [5, 5.41) is 5.65. The van der Waals surface area contributed by atoms with E-state index in [1.54, 1.807) is 18.2 Å². The first-order chi connectivity index (χ1) is 12.5. The van der Waals surface area contributed by atoms with Crippen LogP contribution in [-0.2, 0) is 9.63 Å². The van der Waals surface area contributed by atoms with Crippen LogP contribution in [0.15, 0.2) is 35.5 Å². The highest BCUT2D eigenvalue weighted by Crippen LogP contribution is 2.26. The lowest BCUT2D eigenvalue weighted by atomic mass is 10.2. The number of ether oxygens (including phenoxy) is 2. The molecule has 9 heteroatoms. The molecule has 0 radical (unpaired) electrons. The standard InChI is InChI=1S/C17H15F3N2O4/c1-24-13-6-3-10(7-14(13)25-2)8-21-26-9-15(23)22-12-5-4-11(18)16(19)17(12)20/h3-8H,9H2,1-2H3,(H,22,23)/b21-8-. The molecule has 0 aliphatic heterocycles. The Kier molecular flexibility index (Phi) is 6.42. The lowest BCUT2D eigenvalue weighted by molar-refractivity contribution is -0.120. The quantitative estimate of drug-likeness (QED) is 0.463. The zero-order valence-corrected chi connectivity index (χ0v) is 13.9. The molecular formula is C17H15F3N2O4. The average Bonchev–Trinajstić information content (AvgIpc) is 2.65. The lowest BCUT2D eigenvalue weighted by Crippen LogP contribution is -2.18. The van der Waals surface area contributed by atoms with Crippen molar-refractivity contribution >= 4 is 17.8 Å². The van der Waals surface area contributed by atoms with E-state index in [0.29, 0.717) is 23.1 Å². The Morgan fingerprint density at radius 3 is 2.50 bits per heavy atom. The van der Waals surface area contributed by atoms with Gasteiger partial charge in [0.25, 0.3) is 5.91 Å². The highest BCUT2D eigenvalue weighted by molar-refractivity contribution is 5.91. The third kappa shape index (κ3) is 4.65. The molecule has 1 N–H and O–H groups in total. The van der Waals surface area contributed by atoms with Crippen molar-refractivity contribution in [3.63, 3.8) is 0 Å². The molecule has 0 aliphatic rings. The molecule has 0 aliphatic carbocycles. The van der Waals surface area contributed by atoms with Crippen LogP contribution in [0.1, 0.15) is 5.56 Å². The zero-order valence-electron chi connectivity index (χ0n) is 13.9. The van der Waals surface area contributed by atoms with Crippen LogP contribution in [0.4, 0.5) is 18.9 Å². The van der Waals surface area contributed by atoms with Gasteiger partial charge in [0, 0.05) is 5.56 Å². The largest absolute Gasteiger partial charge is 0.493 e. The molecule has 2 aromatic carbocycles. The van der Waals surface area contributed by atoms with Gasteiger partial charge in [-0.25, -0.2) is 13.2 Å². The van der Waals surface area contributed by atoms with Gasteiger partial charge in [-0.1, -0.05) is 5.16 Å². The molecule has 0 atom stereocenters.